The monoisotopic (exact) mass is 557 g/mol. The Morgan fingerprint density at radius 3 is 2.53 bits per heavy atom. The second kappa shape index (κ2) is 10.2. The maximum absolute atomic E-state index is 14.9. The Hall–Kier alpha value is -3.21. The van der Waals surface area contributed by atoms with E-state index in [1.807, 2.05) is 18.2 Å². The van der Waals surface area contributed by atoms with Gasteiger partial charge in [0.1, 0.15) is 28.4 Å². The third-order valence-electron chi connectivity index (χ3n) is 6.80. The van der Waals surface area contributed by atoms with Crippen molar-refractivity contribution < 1.29 is 17.2 Å². The van der Waals surface area contributed by atoms with Crippen molar-refractivity contribution in [3.8, 4) is 16.9 Å². The number of benzene rings is 2. The third kappa shape index (κ3) is 5.34. The third-order valence-corrected chi connectivity index (χ3v) is 8.87. The van der Waals surface area contributed by atoms with Crippen LogP contribution in [0.2, 0.25) is 5.02 Å². The normalized spacial score (nSPS) is 15.2. The summed E-state index contributed by atoms with van der Waals surface area (Å²) in [6, 6.07) is 11.9. The van der Waals surface area contributed by atoms with Crippen LogP contribution in [0.1, 0.15) is 26.3 Å². The fourth-order valence-electron chi connectivity index (χ4n) is 4.62. The fraction of sp³-hybridized carbons (Fsp3) is 0.333. The maximum atomic E-state index is 14.9. The van der Waals surface area contributed by atoms with Gasteiger partial charge in [-0.25, -0.2) is 17.5 Å². The number of aromatic nitrogens is 3. The zero-order valence-corrected chi connectivity index (χ0v) is 23.0. The van der Waals surface area contributed by atoms with Crippen LogP contribution in [0, 0.1) is 5.82 Å². The van der Waals surface area contributed by atoms with Crippen LogP contribution in [0.25, 0.3) is 16.9 Å². The standard InChI is InChI=1S/C27H29ClFN5O3S/c1-27(2,3)33-12-10-32(11-13-33)21-6-4-5-19(15-21)24-16-34(31-30-24)26-23(29)8-7-20(25(26)28)18-38(35,36)22-9-14-37-17-22/h4-9,14-17H,10-13,18H2,1-3H3. The highest BCUT2D eigenvalue weighted by atomic mass is 35.5. The van der Waals surface area contributed by atoms with E-state index in [0.29, 0.717) is 5.69 Å². The molecule has 1 saturated heterocycles. The van der Waals surface area contributed by atoms with Crippen LogP contribution in [0.3, 0.4) is 0 Å². The van der Waals surface area contributed by atoms with Crippen LogP contribution in [-0.4, -0.2) is 60.0 Å². The Labute approximate surface area is 226 Å². The number of halogens is 2. The molecule has 0 radical (unpaired) electrons. The highest BCUT2D eigenvalue weighted by Gasteiger charge is 2.26. The summed E-state index contributed by atoms with van der Waals surface area (Å²) in [4.78, 5) is 4.85. The molecule has 0 N–H and O–H groups in total. The molecular formula is C27H29ClFN5O3S. The van der Waals surface area contributed by atoms with Crippen molar-refractivity contribution in [2.45, 2.75) is 37.0 Å². The zero-order chi connectivity index (χ0) is 27.1. The summed E-state index contributed by atoms with van der Waals surface area (Å²) in [5.41, 5.74) is 2.80. The van der Waals surface area contributed by atoms with Crippen molar-refractivity contribution in [1.29, 1.82) is 0 Å². The number of nitrogens with zero attached hydrogens (tertiary/aromatic N) is 5. The van der Waals surface area contributed by atoms with E-state index in [4.69, 9.17) is 16.0 Å². The molecular weight excluding hydrogens is 529 g/mol. The molecule has 2 aromatic carbocycles. The van der Waals surface area contributed by atoms with Crippen LogP contribution in [-0.2, 0) is 15.6 Å². The molecule has 0 amide bonds. The quantitative estimate of drug-likeness (QED) is 0.321. The molecule has 8 nitrogen and oxygen atoms in total. The average Bonchev–Trinajstić information content (AvgIpc) is 3.59. The minimum absolute atomic E-state index is 0.0298. The molecule has 0 bridgehead atoms. The number of piperazine rings is 1. The molecule has 1 aliphatic rings. The topological polar surface area (TPSA) is 84.5 Å². The fourth-order valence-corrected chi connectivity index (χ4v) is 6.29. The summed E-state index contributed by atoms with van der Waals surface area (Å²) in [6.07, 6.45) is 4.02. The Balaban J connectivity index is 1.39. The van der Waals surface area contributed by atoms with Crippen molar-refractivity contribution in [3.63, 3.8) is 0 Å². The molecule has 0 spiro atoms. The predicted octanol–water partition coefficient (Wildman–Crippen LogP) is 5.21. The molecule has 0 aliphatic carbocycles. The van der Waals surface area contributed by atoms with Crippen LogP contribution in [0.5, 0.6) is 0 Å². The van der Waals surface area contributed by atoms with E-state index in [-0.39, 0.29) is 26.7 Å². The first-order valence-corrected chi connectivity index (χ1v) is 14.3. The van der Waals surface area contributed by atoms with Gasteiger partial charge in [0, 0.05) is 43.0 Å². The van der Waals surface area contributed by atoms with E-state index in [2.05, 4.69) is 46.9 Å². The highest BCUT2D eigenvalue weighted by molar-refractivity contribution is 7.90. The number of rotatable bonds is 6. The lowest BCUT2D eigenvalue weighted by Gasteiger charge is -2.43. The number of furan rings is 1. The maximum Gasteiger partial charge on any atom is 0.185 e. The van der Waals surface area contributed by atoms with Crippen LogP contribution in [0.15, 0.2) is 70.5 Å². The van der Waals surface area contributed by atoms with Crippen molar-refractivity contribution in [2.24, 2.45) is 0 Å². The molecule has 3 heterocycles. The van der Waals surface area contributed by atoms with Crippen molar-refractivity contribution >= 4 is 27.1 Å². The van der Waals surface area contributed by atoms with Gasteiger partial charge >= 0.3 is 0 Å². The molecule has 0 atom stereocenters. The molecule has 11 heteroatoms. The minimum Gasteiger partial charge on any atom is -0.471 e. The summed E-state index contributed by atoms with van der Waals surface area (Å²) >= 11 is 6.51. The number of sulfone groups is 1. The Kier molecular flexibility index (Phi) is 7.06. The van der Waals surface area contributed by atoms with Gasteiger partial charge < -0.3 is 9.32 Å². The number of hydrogen-bond acceptors (Lipinski definition) is 7. The lowest BCUT2D eigenvalue weighted by atomic mass is 10.0. The highest BCUT2D eigenvalue weighted by Crippen LogP contribution is 2.32. The second-order valence-electron chi connectivity index (χ2n) is 10.3. The smallest absolute Gasteiger partial charge is 0.185 e. The van der Waals surface area contributed by atoms with E-state index < -0.39 is 21.4 Å². The van der Waals surface area contributed by atoms with Gasteiger partial charge in [0.25, 0.3) is 0 Å². The van der Waals surface area contributed by atoms with Crippen LogP contribution < -0.4 is 4.90 Å². The minimum atomic E-state index is -3.72. The summed E-state index contributed by atoms with van der Waals surface area (Å²) in [7, 11) is -3.72. The number of anilines is 1. The summed E-state index contributed by atoms with van der Waals surface area (Å²) in [5.74, 6) is -1.05. The summed E-state index contributed by atoms with van der Waals surface area (Å²) in [5, 5.41) is 8.32. The largest absolute Gasteiger partial charge is 0.471 e. The van der Waals surface area contributed by atoms with E-state index in [1.54, 1.807) is 6.20 Å². The lowest BCUT2D eigenvalue weighted by Crippen LogP contribution is -2.53. The molecule has 38 heavy (non-hydrogen) atoms. The molecule has 0 saturated carbocycles. The predicted molar refractivity (Wildman–Crippen MR) is 145 cm³/mol. The first-order valence-electron chi connectivity index (χ1n) is 12.3. The van der Waals surface area contributed by atoms with Gasteiger partial charge in [-0.1, -0.05) is 35.0 Å². The van der Waals surface area contributed by atoms with Gasteiger partial charge in [-0.15, -0.1) is 5.10 Å². The van der Waals surface area contributed by atoms with Gasteiger partial charge in [0.15, 0.2) is 9.84 Å². The second-order valence-corrected chi connectivity index (χ2v) is 12.7. The number of hydrogen-bond donors (Lipinski definition) is 0. The van der Waals surface area contributed by atoms with Crippen molar-refractivity contribution in [2.75, 3.05) is 31.1 Å². The zero-order valence-electron chi connectivity index (χ0n) is 21.4. The molecule has 0 unspecified atom stereocenters. The average molecular weight is 558 g/mol. The van der Waals surface area contributed by atoms with E-state index in [1.165, 1.54) is 29.1 Å². The van der Waals surface area contributed by atoms with Gasteiger partial charge in [0.05, 0.1) is 23.2 Å². The Morgan fingerprint density at radius 2 is 1.84 bits per heavy atom. The van der Waals surface area contributed by atoms with Crippen molar-refractivity contribution in [1.82, 2.24) is 19.9 Å². The lowest BCUT2D eigenvalue weighted by molar-refractivity contribution is 0.128. The van der Waals surface area contributed by atoms with Gasteiger partial charge in [-0.2, -0.15) is 0 Å². The molecule has 200 valence electrons. The molecule has 4 aromatic rings. The van der Waals surface area contributed by atoms with Crippen molar-refractivity contribution in [3.05, 3.63) is 77.6 Å². The molecule has 1 fully saturated rings. The Morgan fingerprint density at radius 1 is 1.08 bits per heavy atom. The summed E-state index contributed by atoms with van der Waals surface area (Å²) in [6.45, 7) is 10.5. The SMILES string of the molecule is CC(C)(C)N1CCN(c2cccc(-c3cn(-c4c(F)ccc(CS(=O)(=O)c5ccoc5)c4Cl)nn3)c2)CC1. The van der Waals surface area contributed by atoms with Gasteiger partial charge in [-0.05, 0) is 50.6 Å². The van der Waals surface area contributed by atoms with Gasteiger partial charge in [-0.3, -0.25) is 4.90 Å². The van der Waals surface area contributed by atoms with E-state index >= 15 is 0 Å². The molecule has 2 aromatic heterocycles. The van der Waals surface area contributed by atoms with Gasteiger partial charge in [0.2, 0.25) is 0 Å². The first kappa shape index (κ1) is 26.4. The molecule has 1 aliphatic heterocycles. The first-order chi connectivity index (χ1) is 18.0. The van der Waals surface area contributed by atoms with Crippen LogP contribution in [0.4, 0.5) is 10.1 Å². The summed E-state index contributed by atoms with van der Waals surface area (Å²) < 4.78 is 46.5. The Bertz CT molecular complexity index is 1540. The molecule has 5 rings (SSSR count). The van der Waals surface area contributed by atoms with E-state index in [9.17, 15) is 12.8 Å². The van der Waals surface area contributed by atoms with E-state index in [0.717, 1.165) is 43.7 Å². The van der Waals surface area contributed by atoms with Crippen LogP contribution >= 0.6 is 11.6 Å².